The highest BCUT2D eigenvalue weighted by Crippen LogP contribution is 2.32. The lowest BCUT2D eigenvalue weighted by atomic mass is 10.1. The molecule has 1 aliphatic rings. The molecule has 3 nitrogen and oxygen atoms in total. The molecule has 1 N–H and O–H groups in total. The van der Waals surface area contributed by atoms with Crippen LogP contribution in [-0.4, -0.2) is 22.7 Å². The third kappa shape index (κ3) is 2.09. The van der Waals surface area contributed by atoms with Crippen molar-refractivity contribution < 1.29 is 4.74 Å². The van der Waals surface area contributed by atoms with Gasteiger partial charge in [-0.1, -0.05) is 11.6 Å². The Labute approximate surface area is 113 Å². The van der Waals surface area contributed by atoms with Gasteiger partial charge < -0.3 is 9.72 Å². The first-order valence-corrected chi connectivity index (χ1v) is 6.77. The predicted molar refractivity (Wildman–Crippen MR) is 71.6 cm³/mol. The minimum Gasteiger partial charge on any atom is -0.378 e. The van der Waals surface area contributed by atoms with Crippen molar-refractivity contribution in [2.24, 2.45) is 0 Å². The number of H-pyrrole nitrogens is 1. The van der Waals surface area contributed by atoms with E-state index in [0.717, 1.165) is 34.4 Å². The van der Waals surface area contributed by atoms with Crippen LogP contribution in [0, 0.1) is 0 Å². The number of nitrogens with zero attached hydrogens (tertiary/aromatic N) is 1. The Kier molecular flexibility index (Phi) is 2.89. The van der Waals surface area contributed by atoms with Crippen LogP contribution in [0.15, 0.2) is 16.6 Å². The number of imidazole rings is 1. The second-order valence-electron chi connectivity index (χ2n) is 4.48. The van der Waals surface area contributed by atoms with Crippen molar-refractivity contribution in [1.29, 1.82) is 0 Å². The van der Waals surface area contributed by atoms with Crippen molar-refractivity contribution in [3.05, 3.63) is 27.5 Å². The van der Waals surface area contributed by atoms with Crippen LogP contribution in [0.25, 0.3) is 11.0 Å². The zero-order valence-corrected chi connectivity index (χ0v) is 11.7. The van der Waals surface area contributed by atoms with Gasteiger partial charge in [-0.2, -0.15) is 0 Å². The van der Waals surface area contributed by atoms with Crippen LogP contribution in [0.1, 0.15) is 25.1 Å². The van der Waals surface area contributed by atoms with Crippen molar-refractivity contribution in [2.75, 3.05) is 6.61 Å². The van der Waals surface area contributed by atoms with E-state index in [1.54, 1.807) is 0 Å². The molecule has 2 heterocycles. The minimum absolute atomic E-state index is 0.320. The molecular weight excluding hydrogens is 304 g/mol. The molecule has 0 saturated carbocycles. The second-order valence-corrected chi connectivity index (χ2v) is 5.77. The first-order valence-electron chi connectivity index (χ1n) is 5.60. The van der Waals surface area contributed by atoms with E-state index in [1.165, 1.54) is 0 Å². The van der Waals surface area contributed by atoms with E-state index in [1.807, 2.05) is 12.1 Å². The van der Waals surface area contributed by atoms with Crippen molar-refractivity contribution in [3.8, 4) is 0 Å². The van der Waals surface area contributed by atoms with Crippen molar-refractivity contribution in [2.45, 2.75) is 25.4 Å². The highest BCUT2D eigenvalue weighted by atomic mass is 79.9. The highest BCUT2D eigenvalue weighted by molar-refractivity contribution is 9.10. The van der Waals surface area contributed by atoms with Crippen LogP contribution < -0.4 is 0 Å². The predicted octanol–water partition coefficient (Wildman–Crippen LogP) is 3.87. The first-order chi connectivity index (χ1) is 8.13. The highest BCUT2D eigenvalue weighted by Gasteiger charge is 2.26. The molecule has 3 rings (SSSR count). The molecule has 17 heavy (non-hydrogen) atoms. The average Bonchev–Trinajstić information content (AvgIpc) is 2.83. The second kappa shape index (κ2) is 4.26. The van der Waals surface area contributed by atoms with Gasteiger partial charge >= 0.3 is 0 Å². The number of aromatic nitrogens is 2. The number of fused-ring (bicyclic) bond motifs is 1. The summed E-state index contributed by atoms with van der Waals surface area (Å²) in [4.78, 5) is 7.96. The zero-order valence-electron chi connectivity index (χ0n) is 9.34. The van der Waals surface area contributed by atoms with E-state index in [4.69, 9.17) is 16.3 Å². The van der Waals surface area contributed by atoms with E-state index >= 15 is 0 Å². The summed E-state index contributed by atoms with van der Waals surface area (Å²) in [5, 5.41) is 0.704. The van der Waals surface area contributed by atoms with Gasteiger partial charge in [-0.3, -0.25) is 0 Å². The normalized spacial score (nSPS) is 24.6. The minimum atomic E-state index is 0.320. The van der Waals surface area contributed by atoms with Gasteiger partial charge in [0.2, 0.25) is 0 Å². The number of hydrogen-bond donors (Lipinski definition) is 1. The number of ether oxygens (including phenoxy) is 1. The number of hydrogen-bond acceptors (Lipinski definition) is 2. The number of benzene rings is 1. The molecule has 0 spiro atoms. The van der Waals surface area contributed by atoms with E-state index in [9.17, 15) is 0 Å². The fourth-order valence-corrected chi connectivity index (χ4v) is 3.16. The molecule has 1 aromatic carbocycles. The fraction of sp³-hybridized carbons (Fsp3) is 0.417. The van der Waals surface area contributed by atoms with Gasteiger partial charge in [-0.05, 0) is 41.4 Å². The molecule has 0 bridgehead atoms. The van der Waals surface area contributed by atoms with Gasteiger partial charge in [0.25, 0.3) is 0 Å². The Bertz CT molecular complexity index is 569. The van der Waals surface area contributed by atoms with Gasteiger partial charge in [-0.25, -0.2) is 4.98 Å². The molecule has 1 aromatic heterocycles. The summed E-state index contributed by atoms with van der Waals surface area (Å²) in [6, 6.07) is 3.76. The summed E-state index contributed by atoms with van der Waals surface area (Å²) in [5.41, 5.74) is 1.91. The molecule has 2 unspecified atom stereocenters. The van der Waals surface area contributed by atoms with Gasteiger partial charge in [0, 0.05) is 15.4 Å². The molecule has 0 radical (unpaired) electrons. The Balaban J connectivity index is 2.04. The van der Waals surface area contributed by atoms with Crippen LogP contribution in [-0.2, 0) is 4.74 Å². The van der Waals surface area contributed by atoms with Crippen LogP contribution >= 0.6 is 27.5 Å². The molecule has 90 valence electrons. The molecule has 5 heteroatoms. The van der Waals surface area contributed by atoms with Crippen LogP contribution in [0.2, 0.25) is 5.02 Å². The van der Waals surface area contributed by atoms with Gasteiger partial charge in [0.1, 0.15) is 11.3 Å². The monoisotopic (exact) mass is 314 g/mol. The molecule has 0 aliphatic carbocycles. The summed E-state index contributed by atoms with van der Waals surface area (Å²) < 4.78 is 6.50. The fourth-order valence-electron chi connectivity index (χ4n) is 2.26. The number of rotatable bonds is 1. The van der Waals surface area contributed by atoms with Gasteiger partial charge in [-0.15, -0.1) is 0 Å². The Morgan fingerprint density at radius 3 is 3.06 bits per heavy atom. The molecule has 0 amide bonds. The molecular formula is C12H12BrClN2O. The van der Waals surface area contributed by atoms with E-state index in [2.05, 4.69) is 32.8 Å². The van der Waals surface area contributed by atoms with Crippen LogP contribution in [0.5, 0.6) is 0 Å². The molecule has 1 saturated heterocycles. The van der Waals surface area contributed by atoms with Crippen LogP contribution in [0.4, 0.5) is 0 Å². The van der Waals surface area contributed by atoms with Crippen molar-refractivity contribution in [3.63, 3.8) is 0 Å². The topological polar surface area (TPSA) is 37.9 Å². The Morgan fingerprint density at radius 2 is 2.35 bits per heavy atom. The van der Waals surface area contributed by atoms with Crippen LogP contribution in [0.3, 0.4) is 0 Å². The van der Waals surface area contributed by atoms with Gasteiger partial charge in [0.05, 0.1) is 18.2 Å². The lowest BCUT2D eigenvalue weighted by Crippen LogP contribution is -1.99. The summed E-state index contributed by atoms with van der Waals surface area (Å²) in [6.07, 6.45) is 1.34. The maximum absolute atomic E-state index is 6.01. The lowest BCUT2D eigenvalue weighted by Gasteiger charge is -2.01. The Hall–Kier alpha value is -0.580. The largest absolute Gasteiger partial charge is 0.378 e. The number of nitrogens with one attached hydrogen (secondary N) is 1. The molecule has 1 aliphatic heterocycles. The smallest absolute Gasteiger partial charge is 0.112 e. The van der Waals surface area contributed by atoms with E-state index in [0.29, 0.717) is 17.0 Å². The SMILES string of the molecule is CC1CC(c2nc3c(Br)cc(Cl)cc3[nH]2)CO1. The summed E-state index contributed by atoms with van der Waals surface area (Å²) in [6.45, 7) is 2.84. The standard InChI is InChI=1S/C12H12BrClN2O/c1-6-2-7(5-17-6)12-15-10-4-8(14)3-9(13)11(10)16-12/h3-4,6-7H,2,5H2,1H3,(H,15,16). The van der Waals surface area contributed by atoms with Crippen molar-refractivity contribution >= 4 is 38.6 Å². The number of halogens is 2. The average molecular weight is 316 g/mol. The number of aromatic amines is 1. The third-order valence-corrected chi connectivity index (χ3v) is 3.93. The maximum Gasteiger partial charge on any atom is 0.112 e. The van der Waals surface area contributed by atoms with E-state index < -0.39 is 0 Å². The Morgan fingerprint density at radius 1 is 1.53 bits per heavy atom. The van der Waals surface area contributed by atoms with Crippen molar-refractivity contribution in [1.82, 2.24) is 9.97 Å². The third-order valence-electron chi connectivity index (χ3n) is 3.11. The summed E-state index contributed by atoms with van der Waals surface area (Å²) in [5.74, 6) is 1.36. The van der Waals surface area contributed by atoms with E-state index in [-0.39, 0.29) is 0 Å². The molecule has 1 fully saturated rings. The first kappa shape index (κ1) is 11.5. The quantitative estimate of drug-likeness (QED) is 0.867. The maximum atomic E-state index is 6.01. The zero-order chi connectivity index (χ0) is 12.0. The van der Waals surface area contributed by atoms with Gasteiger partial charge in [0.15, 0.2) is 0 Å². The summed E-state index contributed by atoms with van der Waals surface area (Å²) in [7, 11) is 0. The molecule has 2 atom stereocenters. The lowest BCUT2D eigenvalue weighted by molar-refractivity contribution is 0.123. The molecule has 2 aromatic rings. The summed E-state index contributed by atoms with van der Waals surface area (Å²) >= 11 is 9.50.